The van der Waals surface area contributed by atoms with Crippen LogP contribution in [0.2, 0.25) is 0 Å². The maximum atomic E-state index is 11.2. The number of amides is 1. The van der Waals surface area contributed by atoms with Crippen LogP contribution in [0.5, 0.6) is 0 Å². The van der Waals surface area contributed by atoms with Gasteiger partial charge in [0, 0.05) is 25.7 Å². The van der Waals surface area contributed by atoms with Gasteiger partial charge in [0.2, 0.25) is 5.91 Å². The summed E-state index contributed by atoms with van der Waals surface area (Å²) < 4.78 is 0. The minimum atomic E-state index is -1.17. The molecular formula is C9H15NO4. The van der Waals surface area contributed by atoms with Crippen molar-refractivity contribution in [2.24, 2.45) is 0 Å². The van der Waals surface area contributed by atoms with Crippen molar-refractivity contribution in [3.05, 3.63) is 12.2 Å². The van der Waals surface area contributed by atoms with Crippen LogP contribution in [0.1, 0.15) is 13.8 Å². The fourth-order valence-electron chi connectivity index (χ4n) is 0.928. The van der Waals surface area contributed by atoms with Crippen molar-refractivity contribution >= 4 is 11.9 Å². The Morgan fingerprint density at radius 2 is 1.86 bits per heavy atom. The summed E-state index contributed by atoms with van der Waals surface area (Å²) in [5, 5.41) is 17.6. The molecule has 0 aromatic rings. The van der Waals surface area contributed by atoms with Crippen molar-refractivity contribution < 1.29 is 19.8 Å². The van der Waals surface area contributed by atoms with Gasteiger partial charge in [-0.3, -0.25) is 4.79 Å². The monoisotopic (exact) mass is 201 g/mol. The highest BCUT2D eigenvalue weighted by atomic mass is 16.4. The SMILES string of the molecule is CN(CC(C)(C)O)C(=O)C=CC(=O)O. The highest BCUT2D eigenvalue weighted by Gasteiger charge is 2.17. The molecular weight excluding hydrogens is 186 g/mol. The van der Waals surface area contributed by atoms with E-state index in [1.807, 2.05) is 0 Å². The second kappa shape index (κ2) is 4.76. The third-order valence-electron chi connectivity index (χ3n) is 1.37. The zero-order valence-corrected chi connectivity index (χ0v) is 8.52. The van der Waals surface area contributed by atoms with Crippen molar-refractivity contribution in [2.75, 3.05) is 13.6 Å². The Morgan fingerprint density at radius 1 is 1.36 bits per heavy atom. The first-order chi connectivity index (χ1) is 6.22. The second-order valence-electron chi connectivity index (χ2n) is 3.68. The molecule has 0 radical (unpaired) electrons. The molecule has 0 heterocycles. The van der Waals surface area contributed by atoms with Crippen molar-refractivity contribution in [1.29, 1.82) is 0 Å². The summed E-state index contributed by atoms with van der Waals surface area (Å²) in [6.07, 6.45) is 1.72. The average Bonchev–Trinajstić information content (AvgIpc) is 1.96. The van der Waals surface area contributed by atoms with E-state index in [2.05, 4.69) is 0 Å². The van der Waals surface area contributed by atoms with E-state index in [1.165, 1.54) is 11.9 Å². The molecule has 0 saturated heterocycles. The Hall–Kier alpha value is -1.36. The summed E-state index contributed by atoms with van der Waals surface area (Å²) in [4.78, 5) is 22.5. The average molecular weight is 201 g/mol. The number of aliphatic carboxylic acids is 1. The lowest BCUT2D eigenvalue weighted by molar-refractivity contribution is -0.132. The Bertz CT molecular complexity index is 252. The predicted molar refractivity (Wildman–Crippen MR) is 50.7 cm³/mol. The van der Waals surface area contributed by atoms with E-state index in [9.17, 15) is 14.7 Å². The van der Waals surface area contributed by atoms with Crippen LogP contribution in [0, 0.1) is 0 Å². The topological polar surface area (TPSA) is 77.8 Å². The van der Waals surface area contributed by atoms with Crippen molar-refractivity contribution in [2.45, 2.75) is 19.4 Å². The van der Waals surface area contributed by atoms with E-state index >= 15 is 0 Å². The van der Waals surface area contributed by atoms with Gasteiger partial charge in [-0.2, -0.15) is 0 Å². The minimum absolute atomic E-state index is 0.149. The van der Waals surface area contributed by atoms with Crippen LogP contribution in [0.4, 0.5) is 0 Å². The van der Waals surface area contributed by atoms with Gasteiger partial charge in [0.25, 0.3) is 0 Å². The summed E-state index contributed by atoms with van der Waals surface area (Å²) in [5.74, 6) is -1.62. The van der Waals surface area contributed by atoms with Gasteiger partial charge in [-0.1, -0.05) is 0 Å². The van der Waals surface area contributed by atoms with E-state index in [4.69, 9.17) is 5.11 Å². The van der Waals surface area contributed by atoms with Gasteiger partial charge < -0.3 is 15.1 Å². The molecule has 0 unspecified atom stereocenters. The Labute approximate surface area is 82.6 Å². The number of likely N-dealkylation sites (N-methyl/N-ethyl adjacent to an activating group) is 1. The molecule has 0 aliphatic rings. The molecule has 5 nitrogen and oxygen atoms in total. The van der Waals surface area contributed by atoms with Crippen LogP contribution in [-0.4, -0.2) is 46.2 Å². The molecule has 0 aromatic carbocycles. The first kappa shape index (κ1) is 12.6. The Balaban J connectivity index is 4.20. The molecule has 14 heavy (non-hydrogen) atoms. The van der Waals surface area contributed by atoms with Crippen LogP contribution < -0.4 is 0 Å². The lowest BCUT2D eigenvalue weighted by Crippen LogP contribution is -2.39. The molecule has 0 aliphatic carbocycles. The minimum Gasteiger partial charge on any atom is -0.478 e. The predicted octanol–water partition coefficient (Wildman–Crippen LogP) is -0.144. The number of carbonyl (C=O) groups excluding carboxylic acids is 1. The van der Waals surface area contributed by atoms with E-state index in [-0.39, 0.29) is 6.54 Å². The van der Waals surface area contributed by atoms with Gasteiger partial charge in [-0.15, -0.1) is 0 Å². The zero-order valence-electron chi connectivity index (χ0n) is 8.52. The van der Waals surface area contributed by atoms with Gasteiger partial charge in [-0.05, 0) is 13.8 Å². The zero-order chi connectivity index (χ0) is 11.4. The molecule has 0 saturated carbocycles. The van der Waals surface area contributed by atoms with E-state index in [1.54, 1.807) is 13.8 Å². The quantitative estimate of drug-likeness (QED) is 0.620. The lowest BCUT2D eigenvalue weighted by atomic mass is 10.1. The standard InChI is InChI=1S/C9H15NO4/c1-9(2,14)6-10(3)7(11)4-5-8(12)13/h4-5,14H,6H2,1-3H3,(H,12,13). The number of nitrogens with zero attached hydrogens (tertiary/aromatic N) is 1. The van der Waals surface area contributed by atoms with Crippen LogP contribution in [0.15, 0.2) is 12.2 Å². The van der Waals surface area contributed by atoms with Crippen LogP contribution >= 0.6 is 0 Å². The summed E-state index contributed by atoms with van der Waals surface area (Å²) in [7, 11) is 1.49. The van der Waals surface area contributed by atoms with Crippen LogP contribution in [-0.2, 0) is 9.59 Å². The third-order valence-corrected chi connectivity index (χ3v) is 1.37. The Morgan fingerprint density at radius 3 is 2.21 bits per heavy atom. The Kier molecular flexibility index (Phi) is 4.30. The van der Waals surface area contributed by atoms with Gasteiger partial charge >= 0.3 is 5.97 Å². The molecule has 80 valence electrons. The first-order valence-corrected chi connectivity index (χ1v) is 4.11. The van der Waals surface area contributed by atoms with E-state index in [0.29, 0.717) is 0 Å². The molecule has 0 aliphatic heterocycles. The molecule has 0 rings (SSSR count). The highest BCUT2D eigenvalue weighted by molar-refractivity contribution is 5.93. The van der Waals surface area contributed by atoms with E-state index in [0.717, 1.165) is 12.2 Å². The first-order valence-electron chi connectivity index (χ1n) is 4.11. The maximum Gasteiger partial charge on any atom is 0.328 e. The maximum absolute atomic E-state index is 11.2. The molecule has 0 aromatic heterocycles. The van der Waals surface area contributed by atoms with E-state index < -0.39 is 17.5 Å². The summed E-state index contributed by atoms with van der Waals surface area (Å²) in [6, 6.07) is 0. The van der Waals surface area contributed by atoms with Gasteiger partial charge in [-0.25, -0.2) is 4.79 Å². The molecule has 2 N–H and O–H groups in total. The number of rotatable bonds is 4. The van der Waals surface area contributed by atoms with Gasteiger partial charge in [0.15, 0.2) is 0 Å². The summed E-state index contributed by atoms with van der Waals surface area (Å²) >= 11 is 0. The number of aliphatic hydroxyl groups is 1. The smallest absolute Gasteiger partial charge is 0.328 e. The largest absolute Gasteiger partial charge is 0.478 e. The number of carboxylic acids is 1. The number of carbonyl (C=O) groups is 2. The summed E-state index contributed by atoms with van der Waals surface area (Å²) in [6.45, 7) is 3.28. The number of hydrogen-bond donors (Lipinski definition) is 2. The molecule has 0 spiro atoms. The fraction of sp³-hybridized carbons (Fsp3) is 0.556. The fourth-order valence-corrected chi connectivity index (χ4v) is 0.928. The highest BCUT2D eigenvalue weighted by Crippen LogP contribution is 2.03. The normalized spacial score (nSPS) is 11.7. The second-order valence-corrected chi connectivity index (χ2v) is 3.68. The third kappa shape index (κ3) is 6.19. The molecule has 0 fully saturated rings. The van der Waals surface area contributed by atoms with Crippen molar-refractivity contribution in [3.8, 4) is 0 Å². The van der Waals surface area contributed by atoms with Gasteiger partial charge in [0.05, 0.1) is 5.60 Å². The lowest BCUT2D eigenvalue weighted by Gasteiger charge is -2.24. The number of carboxylic acid groups (broad SMARTS) is 1. The molecule has 0 atom stereocenters. The van der Waals surface area contributed by atoms with Crippen LogP contribution in [0.25, 0.3) is 0 Å². The molecule has 1 amide bonds. The molecule has 5 heteroatoms. The van der Waals surface area contributed by atoms with Crippen LogP contribution in [0.3, 0.4) is 0 Å². The summed E-state index contributed by atoms with van der Waals surface area (Å²) in [5.41, 5.74) is -0.985. The van der Waals surface area contributed by atoms with Crippen molar-refractivity contribution in [1.82, 2.24) is 4.90 Å². The van der Waals surface area contributed by atoms with Gasteiger partial charge in [0.1, 0.15) is 0 Å². The number of hydrogen-bond acceptors (Lipinski definition) is 3. The molecule has 0 bridgehead atoms. The van der Waals surface area contributed by atoms with Crippen molar-refractivity contribution in [3.63, 3.8) is 0 Å².